The van der Waals surface area contributed by atoms with E-state index in [9.17, 15) is 20.1 Å². The number of carbonyl (C=O) groups is 1. The summed E-state index contributed by atoms with van der Waals surface area (Å²) in [6.07, 6.45) is 3.82. The molecule has 3 atom stereocenters. The van der Waals surface area contributed by atoms with Crippen molar-refractivity contribution in [1.82, 2.24) is 0 Å². The quantitative estimate of drug-likeness (QED) is 0.100. The third-order valence-corrected chi connectivity index (χ3v) is 5.15. The molecule has 0 aliphatic rings. The van der Waals surface area contributed by atoms with Crippen LogP contribution in [0.3, 0.4) is 0 Å². The Morgan fingerprint density at radius 1 is 0.722 bits per heavy atom. The van der Waals surface area contributed by atoms with Gasteiger partial charge >= 0.3 is 5.97 Å². The van der Waals surface area contributed by atoms with Crippen LogP contribution < -0.4 is 14.2 Å². The second-order valence-corrected chi connectivity index (χ2v) is 8.50. The zero-order valence-electron chi connectivity index (χ0n) is 21.0. The van der Waals surface area contributed by atoms with E-state index < -0.39 is 44.1 Å². The Balaban J connectivity index is 3.02. The number of aliphatic hydroxyl groups excluding tert-OH is 6. The fourth-order valence-electron chi connectivity index (χ4n) is 3.07. The number of benzene rings is 1. The average Bonchev–Trinajstić information content (AvgIpc) is 2.90. The highest BCUT2D eigenvalue weighted by molar-refractivity contribution is 5.91. The molecule has 11 nitrogen and oxygen atoms in total. The Hall–Kier alpha value is -2.15. The first-order valence-corrected chi connectivity index (χ1v) is 12.5. The van der Waals surface area contributed by atoms with Gasteiger partial charge in [0.25, 0.3) is 0 Å². The first-order chi connectivity index (χ1) is 17.4. The molecule has 0 spiro atoms. The van der Waals surface area contributed by atoms with Crippen molar-refractivity contribution in [3.05, 3.63) is 17.7 Å². The van der Waals surface area contributed by atoms with Crippen molar-refractivity contribution in [3.63, 3.8) is 0 Å². The molecule has 0 aliphatic carbocycles. The smallest absolute Gasteiger partial charge is 0.338 e. The molecule has 36 heavy (non-hydrogen) atoms. The van der Waals surface area contributed by atoms with Crippen molar-refractivity contribution < 1.29 is 54.4 Å². The van der Waals surface area contributed by atoms with Gasteiger partial charge in [0.05, 0.1) is 32.0 Å². The van der Waals surface area contributed by atoms with Gasteiger partial charge in [-0.25, -0.2) is 4.79 Å². The van der Waals surface area contributed by atoms with E-state index >= 15 is 0 Å². The molecule has 0 saturated carbocycles. The molecule has 1 aromatic carbocycles. The lowest BCUT2D eigenvalue weighted by molar-refractivity contribution is 0.0388. The lowest BCUT2D eigenvalue weighted by Gasteiger charge is -2.20. The Bertz CT molecular complexity index is 693. The number of ether oxygens (including phenoxy) is 4. The van der Waals surface area contributed by atoms with Gasteiger partial charge in [0, 0.05) is 0 Å². The van der Waals surface area contributed by atoms with Crippen molar-refractivity contribution >= 4 is 5.97 Å². The summed E-state index contributed by atoms with van der Waals surface area (Å²) >= 11 is 0. The van der Waals surface area contributed by atoms with E-state index in [4.69, 9.17) is 34.3 Å². The molecular weight excluding hydrogens is 476 g/mol. The number of hydrogen-bond acceptors (Lipinski definition) is 11. The molecule has 0 amide bonds. The number of rotatable bonds is 21. The number of unbranched alkanes of at least 4 members (excludes halogenated alkanes) is 6. The van der Waals surface area contributed by atoms with Crippen LogP contribution in [-0.4, -0.2) is 101 Å². The number of aliphatic hydroxyl groups is 6. The van der Waals surface area contributed by atoms with Crippen LogP contribution in [0.15, 0.2) is 12.1 Å². The van der Waals surface area contributed by atoms with Crippen molar-refractivity contribution in [1.29, 1.82) is 0 Å². The Morgan fingerprint density at radius 2 is 1.17 bits per heavy atom. The predicted molar refractivity (Wildman–Crippen MR) is 130 cm³/mol. The first-order valence-electron chi connectivity index (χ1n) is 12.5. The van der Waals surface area contributed by atoms with Crippen molar-refractivity contribution in [2.45, 2.75) is 70.2 Å². The Morgan fingerprint density at radius 3 is 1.64 bits per heavy atom. The minimum Gasteiger partial charge on any atom is -0.487 e. The zero-order valence-corrected chi connectivity index (χ0v) is 21.0. The van der Waals surface area contributed by atoms with Gasteiger partial charge in [-0.05, 0) is 18.6 Å². The highest BCUT2D eigenvalue weighted by Gasteiger charge is 2.22. The summed E-state index contributed by atoms with van der Waals surface area (Å²) in [4.78, 5) is 12.7. The minimum atomic E-state index is -1.22. The second kappa shape index (κ2) is 19.0. The van der Waals surface area contributed by atoms with Crippen molar-refractivity contribution in [3.8, 4) is 17.2 Å². The number of esters is 1. The van der Waals surface area contributed by atoms with E-state index in [0.29, 0.717) is 0 Å². The van der Waals surface area contributed by atoms with Crippen LogP contribution in [0.4, 0.5) is 0 Å². The molecule has 11 heteroatoms. The van der Waals surface area contributed by atoms with E-state index in [-0.39, 0.29) is 49.2 Å². The Kier molecular flexibility index (Phi) is 16.8. The average molecular weight is 519 g/mol. The molecule has 0 bridgehead atoms. The monoisotopic (exact) mass is 518 g/mol. The molecular formula is C25H42O11. The van der Waals surface area contributed by atoms with Crippen molar-refractivity contribution in [2.24, 2.45) is 0 Å². The van der Waals surface area contributed by atoms with Crippen LogP contribution in [0.2, 0.25) is 0 Å². The molecule has 0 radical (unpaired) electrons. The van der Waals surface area contributed by atoms with E-state index in [1.807, 2.05) is 0 Å². The van der Waals surface area contributed by atoms with E-state index in [2.05, 4.69) is 6.92 Å². The second-order valence-electron chi connectivity index (χ2n) is 8.50. The van der Waals surface area contributed by atoms with E-state index in [0.717, 1.165) is 25.7 Å². The topological polar surface area (TPSA) is 175 Å². The third-order valence-electron chi connectivity index (χ3n) is 5.15. The summed E-state index contributed by atoms with van der Waals surface area (Å²) < 4.78 is 22.0. The largest absolute Gasteiger partial charge is 0.487 e. The third kappa shape index (κ3) is 12.7. The van der Waals surface area contributed by atoms with Gasteiger partial charge in [0.15, 0.2) is 11.5 Å². The molecule has 0 saturated heterocycles. The van der Waals surface area contributed by atoms with Gasteiger partial charge in [0.2, 0.25) is 5.75 Å². The molecule has 0 aromatic heterocycles. The molecule has 6 N–H and O–H groups in total. The van der Waals surface area contributed by atoms with Crippen LogP contribution in [0.1, 0.15) is 62.2 Å². The van der Waals surface area contributed by atoms with Crippen LogP contribution >= 0.6 is 0 Å². The van der Waals surface area contributed by atoms with Gasteiger partial charge in [-0.2, -0.15) is 0 Å². The Labute approximate surface area is 212 Å². The first kappa shape index (κ1) is 31.9. The van der Waals surface area contributed by atoms with Gasteiger partial charge in [-0.1, -0.05) is 45.4 Å². The summed E-state index contributed by atoms with van der Waals surface area (Å²) in [6, 6.07) is 2.63. The van der Waals surface area contributed by atoms with Crippen molar-refractivity contribution in [2.75, 3.05) is 46.2 Å². The highest BCUT2D eigenvalue weighted by atomic mass is 16.6. The van der Waals surface area contributed by atoms with Crippen LogP contribution in [-0.2, 0) is 4.74 Å². The molecule has 1 aromatic rings. The van der Waals surface area contributed by atoms with E-state index in [1.54, 1.807) is 0 Å². The maximum absolute atomic E-state index is 12.7. The number of carbonyl (C=O) groups excluding carboxylic acids is 1. The van der Waals surface area contributed by atoms with Gasteiger partial charge in [0.1, 0.15) is 38.1 Å². The fraction of sp³-hybridized carbons (Fsp3) is 0.720. The lowest BCUT2D eigenvalue weighted by Crippen LogP contribution is -2.25. The standard InChI is InChI=1S/C25H42O11/c1-2-3-4-5-6-7-8-9-33-25(32)18-10-22(34-15-19(29)12-26)24(36-17-21(31)14-28)23(11-18)35-16-20(30)13-27/h10-11,19-21,26-31H,2-9,12-17H2,1H3. The van der Waals surface area contributed by atoms with Gasteiger partial charge < -0.3 is 49.6 Å². The highest BCUT2D eigenvalue weighted by Crippen LogP contribution is 2.39. The SMILES string of the molecule is CCCCCCCCCOC(=O)c1cc(OCC(O)CO)c(OCC(O)CO)c(OCC(O)CO)c1. The molecule has 0 heterocycles. The predicted octanol–water partition coefficient (Wildman–Crippen LogP) is 0.790. The maximum Gasteiger partial charge on any atom is 0.338 e. The van der Waals surface area contributed by atoms with Crippen LogP contribution in [0, 0.1) is 0 Å². The summed E-state index contributed by atoms with van der Waals surface area (Å²) in [5.41, 5.74) is 0.0509. The molecule has 0 fully saturated rings. The molecule has 0 aliphatic heterocycles. The summed E-state index contributed by atoms with van der Waals surface area (Å²) in [5, 5.41) is 56.3. The van der Waals surface area contributed by atoms with Gasteiger partial charge in [-0.3, -0.25) is 0 Å². The van der Waals surface area contributed by atoms with Crippen LogP contribution in [0.25, 0.3) is 0 Å². The maximum atomic E-state index is 12.7. The number of hydrogen-bond donors (Lipinski definition) is 6. The van der Waals surface area contributed by atoms with Crippen LogP contribution in [0.5, 0.6) is 17.2 Å². The summed E-state index contributed by atoms with van der Waals surface area (Å²) in [6.45, 7) is -0.343. The normalized spacial score (nSPS) is 13.6. The summed E-state index contributed by atoms with van der Waals surface area (Å²) in [7, 11) is 0. The lowest BCUT2D eigenvalue weighted by atomic mass is 10.1. The van der Waals surface area contributed by atoms with Gasteiger partial charge in [-0.15, -0.1) is 0 Å². The molecule has 208 valence electrons. The molecule has 1 rings (SSSR count). The minimum absolute atomic E-state index is 0.0495. The zero-order chi connectivity index (χ0) is 26.8. The molecule has 3 unspecified atom stereocenters. The van der Waals surface area contributed by atoms with E-state index in [1.165, 1.54) is 31.4 Å². The fourth-order valence-corrected chi connectivity index (χ4v) is 3.07. The summed E-state index contributed by atoms with van der Waals surface area (Å²) in [5.74, 6) is -0.817.